The Balaban J connectivity index is 3.34. The Hall–Kier alpha value is -1.03. The van der Waals surface area contributed by atoms with Gasteiger partial charge in [-0.2, -0.15) is 13.2 Å². The topological polar surface area (TPSA) is 78.2 Å². The Morgan fingerprint density at radius 3 is 2.22 bits per heavy atom. The molecule has 0 amide bonds. The van der Waals surface area contributed by atoms with Crippen LogP contribution in [0.1, 0.15) is 44.9 Å². The number of halogens is 4. The minimum atomic E-state index is -4.83. The zero-order chi connectivity index (χ0) is 18.2. The average Bonchev–Trinajstić information content (AvgIpc) is 2.35. The van der Waals surface area contributed by atoms with Crippen LogP contribution in [0.3, 0.4) is 0 Å². The van der Waals surface area contributed by atoms with E-state index in [1.165, 1.54) is 6.92 Å². The van der Waals surface area contributed by atoms with Gasteiger partial charge in [0.15, 0.2) is 0 Å². The standard InChI is InChI=1S/C13H16ClF3N2O3S/c1-7(18-23(22)12(2,3)4)9-5-8(19(20)21)6-10(11(9)14)13(15,16)17/h5-7,18H,1-4H3/t7?,23-/m1/s1. The maximum Gasteiger partial charge on any atom is 0.418 e. The highest BCUT2D eigenvalue weighted by Crippen LogP contribution is 2.41. The van der Waals surface area contributed by atoms with Crippen LogP contribution in [-0.4, -0.2) is 14.2 Å². The molecule has 0 heterocycles. The number of non-ortho nitro benzene ring substituents is 1. The molecule has 0 bridgehead atoms. The van der Waals surface area contributed by atoms with E-state index in [9.17, 15) is 27.8 Å². The van der Waals surface area contributed by atoms with Gasteiger partial charge in [0.2, 0.25) is 0 Å². The van der Waals surface area contributed by atoms with E-state index in [-0.39, 0.29) is 5.56 Å². The summed E-state index contributed by atoms with van der Waals surface area (Å²) in [6.07, 6.45) is -4.83. The third-order valence-corrected chi connectivity index (χ3v) is 5.01. The van der Waals surface area contributed by atoms with E-state index in [2.05, 4.69) is 4.72 Å². The molecule has 0 fully saturated rings. The summed E-state index contributed by atoms with van der Waals surface area (Å²) in [5.74, 6) is 0. The normalized spacial score (nSPS) is 15.3. The maximum absolute atomic E-state index is 13.0. The van der Waals surface area contributed by atoms with Gasteiger partial charge in [-0.1, -0.05) is 11.6 Å². The number of benzene rings is 1. The van der Waals surface area contributed by atoms with Gasteiger partial charge in [-0.05, 0) is 33.3 Å². The van der Waals surface area contributed by atoms with Crippen LogP contribution in [-0.2, 0) is 17.5 Å². The van der Waals surface area contributed by atoms with Crippen LogP contribution >= 0.6 is 11.6 Å². The molecular formula is C13H16ClF3N2O3S. The largest absolute Gasteiger partial charge is 0.598 e. The first-order valence-corrected chi connectivity index (χ1v) is 8.01. The van der Waals surface area contributed by atoms with Gasteiger partial charge < -0.3 is 4.55 Å². The van der Waals surface area contributed by atoms with Crippen molar-refractivity contribution in [2.75, 3.05) is 0 Å². The second-order valence-corrected chi connectivity index (χ2v) is 8.25. The van der Waals surface area contributed by atoms with E-state index in [4.69, 9.17) is 11.6 Å². The van der Waals surface area contributed by atoms with Crippen molar-refractivity contribution >= 4 is 28.7 Å². The Labute approximate surface area is 139 Å². The Morgan fingerprint density at radius 1 is 1.30 bits per heavy atom. The lowest BCUT2D eigenvalue weighted by Gasteiger charge is -2.27. The summed E-state index contributed by atoms with van der Waals surface area (Å²) >= 11 is 4.20. The van der Waals surface area contributed by atoms with E-state index in [1.54, 1.807) is 20.8 Å². The third-order valence-electron chi connectivity index (χ3n) is 2.91. The van der Waals surface area contributed by atoms with Crippen LogP contribution in [0.25, 0.3) is 0 Å². The SMILES string of the molecule is CC(N[S@+]([O-])C(C)(C)C)c1cc([N+](=O)[O-])cc(C(F)(F)F)c1Cl. The summed E-state index contributed by atoms with van der Waals surface area (Å²) in [4.78, 5) is 9.93. The maximum atomic E-state index is 13.0. The molecule has 2 atom stereocenters. The van der Waals surface area contributed by atoms with Crippen LogP contribution in [0, 0.1) is 10.1 Å². The Kier molecular flexibility index (Phi) is 5.95. The second kappa shape index (κ2) is 6.84. The van der Waals surface area contributed by atoms with Crippen molar-refractivity contribution in [3.8, 4) is 0 Å². The summed E-state index contributed by atoms with van der Waals surface area (Å²) in [7, 11) is 0. The van der Waals surface area contributed by atoms with Crippen LogP contribution in [0.2, 0.25) is 5.02 Å². The number of nitro benzene ring substituents is 1. The first-order valence-electron chi connectivity index (χ1n) is 6.48. The molecule has 1 unspecified atom stereocenters. The molecule has 1 rings (SSSR count). The highest BCUT2D eigenvalue weighted by molar-refractivity contribution is 7.90. The molecule has 5 nitrogen and oxygen atoms in total. The molecule has 0 saturated heterocycles. The number of nitro groups is 1. The smallest absolute Gasteiger partial charge is 0.418 e. The molecule has 1 aromatic rings. The molecule has 0 aliphatic carbocycles. The first-order chi connectivity index (χ1) is 10.2. The molecule has 0 aliphatic heterocycles. The van der Waals surface area contributed by atoms with Crippen LogP contribution in [0.15, 0.2) is 12.1 Å². The third kappa shape index (κ3) is 4.97. The fourth-order valence-electron chi connectivity index (χ4n) is 1.66. The zero-order valence-corrected chi connectivity index (χ0v) is 14.4. The summed E-state index contributed by atoms with van der Waals surface area (Å²) in [5.41, 5.74) is -2.16. The van der Waals surface area contributed by atoms with E-state index < -0.39 is 49.5 Å². The number of hydrogen-bond acceptors (Lipinski definition) is 4. The summed E-state index contributed by atoms with van der Waals surface area (Å²) < 4.78 is 53.0. The first kappa shape index (κ1) is 20.0. The molecule has 0 aliphatic rings. The Bertz CT molecular complexity index is 605. The van der Waals surface area contributed by atoms with E-state index >= 15 is 0 Å². The number of alkyl halides is 3. The summed E-state index contributed by atoms with van der Waals surface area (Å²) in [6.45, 7) is 6.48. The quantitative estimate of drug-likeness (QED) is 0.483. The lowest BCUT2D eigenvalue weighted by atomic mass is 10.0. The van der Waals surface area contributed by atoms with Gasteiger partial charge in [0, 0.05) is 23.5 Å². The van der Waals surface area contributed by atoms with Crippen LogP contribution in [0.4, 0.5) is 18.9 Å². The second-order valence-electron chi connectivity index (χ2n) is 5.87. The monoisotopic (exact) mass is 372 g/mol. The predicted molar refractivity (Wildman–Crippen MR) is 82.6 cm³/mol. The molecule has 0 radical (unpaired) electrons. The lowest BCUT2D eigenvalue weighted by Crippen LogP contribution is -2.40. The van der Waals surface area contributed by atoms with Crippen molar-refractivity contribution in [3.63, 3.8) is 0 Å². The molecule has 1 aromatic carbocycles. The van der Waals surface area contributed by atoms with Crippen molar-refractivity contribution in [3.05, 3.63) is 38.4 Å². The average molecular weight is 373 g/mol. The minimum absolute atomic E-state index is 0.134. The number of nitrogens with one attached hydrogen (secondary N) is 1. The number of hydrogen-bond donors (Lipinski definition) is 1. The van der Waals surface area contributed by atoms with Crippen LogP contribution < -0.4 is 4.72 Å². The van der Waals surface area contributed by atoms with Gasteiger partial charge in [-0.25, -0.2) is 0 Å². The van der Waals surface area contributed by atoms with E-state index in [1.807, 2.05) is 0 Å². The minimum Gasteiger partial charge on any atom is -0.598 e. The van der Waals surface area contributed by atoms with Gasteiger partial charge in [0.25, 0.3) is 5.69 Å². The predicted octanol–water partition coefficient (Wildman–Crippen LogP) is 4.38. The van der Waals surface area contributed by atoms with Crippen molar-refractivity contribution in [2.24, 2.45) is 0 Å². The lowest BCUT2D eigenvalue weighted by molar-refractivity contribution is -0.385. The molecule has 0 aromatic heterocycles. The van der Waals surface area contributed by atoms with Crippen molar-refractivity contribution in [1.82, 2.24) is 4.72 Å². The van der Waals surface area contributed by atoms with Gasteiger partial charge >= 0.3 is 6.18 Å². The van der Waals surface area contributed by atoms with Gasteiger partial charge in [0.05, 0.1) is 21.6 Å². The molecule has 130 valence electrons. The van der Waals surface area contributed by atoms with Crippen LogP contribution in [0.5, 0.6) is 0 Å². The van der Waals surface area contributed by atoms with Crippen molar-refractivity contribution in [1.29, 1.82) is 0 Å². The van der Waals surface area contributed by atoms with Gasteiger partial charge in [0.1, 0.15) is 4.75 Å². The molecule has 23 heavy (non-hydrogen) atoms. The molecule has 0 spiro atoms. The fourth-order valence-corrected chi connectivity index (χ4v) is 2.84. The highest BCUT2D eigenvalue weighted by atomic mass is 35.5. The van der Waals surface area contributed by atoms with E-state index in [0.717, 1.165) is 6.07 Å². The molecular weight excluding hydrogens is 357 g/mol. The van der Waals surface area contributed by atoms with Crippen molar-refractivity contribution < 1.29 is 22.6 Å². The van der Waals surface area contributed by atoms with Gasteiger partial charge in [-0.15, -0.1) is 4.72 Å². The van der Waals surface area contributed by atoms with E-state index in [0.29, 0.717) is 6.07 Å². The number of rotatable bonds is 4. The summed E-state index contributed by atoms with van der Waals surface area (Å²) in [5, 5.41) is 10.2. The molecule has 0 saturated carbocycles. The Morgan fingerprint density at radius 2 is 1.83 bits per heavy atom. The molecule has 10 heteroatoms. The van der Waals surface area contributed by atoms with Crippen molar-refractivity contribution in [2.45, 2.75) is 44.7 Å². The zero-order valence-electron chi connectivity index (χ0n) is 12.8. The van der Waals surface area contributed by atoms with Gasteiger partial charge in [-0.3, -0.25) is 10.1 Å². The molecule has 1 N–H and O–H groups in total. The highest BCUT2D eigenvalue weighted by Gasteiger charge is 2.38. The number of nitrogens with zero attached hydrogens (tertiary/aromatic N) is 1. The fraction of sp³-hybridized carbons (Fsp3) is 0.538. The summed E-state index contributed by atoms with van der Waals surface area (Å²) in [6, 6.07) is 0.470.